The Hall–Kier alpha value is -3.05. The number of hydrogen-bond acceptors (Lipinski definition) is 11. The number of aliphatic carboxylic acids is 1. The van der Waals surface area contributed by atoms with Crippen LogP contribution in [0.25, 0.3) is 6.08 Å². The molecule has 0 aromatic carbocycles. The summed E-state index contributed by atoms with van der Waals surface area (Å²) in [6, 6.07) is 1.66. The molecule has 0 atom stereocenters. The highest BCUT2D eigenvalue weighted by Crippen LogP contribution is 2.35. The Morgan fingerprint density at radius 2 is 1.81 bits per heavy atom. The summed E-state index contributed by atoms with van der Waals surface area (Å²) in [6.07, 6.45) is 1.31. The minimum absolute atomic E-state index is 0.0593. The number of fused-ring (bicyclic) bond motifs is 1. The zero-order valence-corrected chi connectivity index (χ0v) is 27.2. The van der Waals surface area contributed by atoms with Crippen LogP contribution in [0.3, 0.4) is 0 Å². The first kappa shape index (κ1) is 36.1. The van der Waals surface area contributed by atoms with Gasteiger partial charge in [-0.2, -0.15) is 13.1 Å². The van der Waals surface area contributed by atoms with Crippen LogP contribution in [-0.2, 0) is 40.7 Å². The lowest BCUT2D eigenvalue weighted by Gasteiger charge is -2.27. The number of hydroxylamine groups is 2. The first-order chi connectivity index (χ1) is 20.0. The van der Waals surface area contributed by atoms with Crippen LogP contribution in [0, 0.1) is 10.8 Å². The average molecular weight is 646 g/mol. The molecular formula is C27H43N5O9S2. The fourth-order valence-corrected chi connectivity index (χ4v) is 5.71. The maximum atomic E-state index is 13.1. The van der Waals surface area contributed by atoms with E-state index in [0.29, 0.717) is 40.6 Å². The van der Waals surface area contributed by atoms with E-state index in [0.717, 1.165) is 0 Å². The zero-order chi connectivity index (χ0) is 32.4. The SMILES string of the molecule is CCCN(OCC)C(=O)C1=Cc2sc(CNS(=O)(=O)NC(=O)OCC(C)(C)COCC(C)(C)CC(=O)O)cc2N=C(N)C1. The summed E-state index contributed by atoms with van der Waals surface area (Å²) in [7, 11) is -4.27. The number of carbonyl (C=O) groups excluding carboxylic acids is 2. The fourth-order valence-electron chi connectivity index (χ4n) is 3.91. The minimum Gasteiger partial charge on any atom is -0.481 e. The molecule has 1 aliphatic rings. The quantitative estimate of drug-likeness (QED) is 0.182. The number of carboxylic acids is 1. The summed E-state index contributed by atoms with van der Waals surface area (Å²) in [5.74, 6) is -1.01. The van der Waals surface area contributed by atoms with Crippen LogP contribution in [0.15, 0.2) is 16.6 Å². The van der Waals surface area contributed by atoms with Crippen molar-refractivity contribution in [3.05, 3.63) is 21.4 Å². The first-order valence-electron chi connectivity index (χ1n) is 13.8. The predicted molar refractivity (Wildman–Crippen MR) is 163 cm³/mol. The van der Waals surface area contributed by atoms with E-state index in [4.69, 9.17) is 25.2 Å². The number of carboxylic acid groups (broad SMARTS) is 1. The average Bonchev–Trinajstić information content (AvgIpc) is 3.17. The van der Waals surface area contributed by atoms with E-state index in [1.165, 1.54) is 16.4 Å². The van der Waals surface area contributed by atoms with Gasteiger partial charge >= 0.3 is 22.3 Å². The van der Waals surface area contributed by atoms with Crippen molar-refractivity contribution in [1.82, 2.24) is 14.5 Å². The number of rotatable bonds is 17. The molecule has 1 aromatic heterocycles. The number of nitrogens with zero attached hydrogens (tertiary/aromatic N) is 2. The molecule has 1 aromatic rings. The molecule has 2 heterocycles. The third kappa shape index (κ3) is 12.6. The van der Waals surface area contributed by atoms with Crippen LogP contribution in [0.2, 0.25) is 0 Å². The van der Waals surface area contributed by atoms with Gasteiger partial charge in [0.1, 0.15) is 12.4 Å². The Morgan fingerprint density at radius 1 is 1.14 bits per heavy atom. The maximum absolute atomic E-state index is 13.1. The third-order valence-electron chi connectivity index (χ3n) is 5.81. The molecule has 0 radical (unpaired) electrons. The van der Waals surface area contributed by atoms with Gasteiger partial charge in [0.15, 0.2) is 0 Å². The van der Waals surface area contributed by atoms with Crippen LogP contribution in [-0.4, -0.2) is 75.4 Å². The van der Waals surface area contributed by atoms with Crippen molar-refractivity contribution in [1.29, 1.82) is 0 Å². The number of ether oxygens (including phenoxy) is 2. The monoisotopic (exact) mass is 645 g/mol. The number of thiophene rings is 1. The molecule has 0 saturated heterocycles. The summed E-state index contributed by atoms with van der Waals surface area (Å²) in [4.78, 5) is 47.3. The summed E-state index contributed by atoms with van der Waals surface area (Å²) >= 11 is 1.23. The van der Waals surface area contributed by atoms with E-state index < -0.39 is 33.1 Å². The van der Waals surface area contributed by atoms with Crippen LogP contribution >= 0.6 is 11.3 Å². The second-order valence-corrected chi connectivity index (χ2v) is 14.3. The number of amides is 2. The maximum Gasteiger partial charge on any atom is 0.421 e. The molecule has 16 heteroatoms. The van der Waals surface area contributed by atoms with Gasteiger partial charge in [-0.1, -0.05) is 34.6 Å². The minimum atomic E-state index is -4.27. The molecule has 0 unspecified atom stereocenters. The second kappa shape index (κ2) is 15.6. The Labute approximate surface area is 256 Å². The molecule has 43 heavy (non-hydrogen) atoms. The standard InChI is InChI=1S/C27H43N5O9S2/c1-7-9-32(41-8-2)24(35)18-10-21-20(30-22(28)11-18)12-19(42-21)14-29-43(37,38)31-25(36)40-17-27(5,6)16-39-15-26(3,4)13-23(33)34/h10,12,29H,7-9,11,13-17H2,1-6H3,(H2,28,30)(H,31,36)(H,33,34). The first-order valence-corrected chi connectivity index (χ1v) is 16.1. The molecule has 0 saturated carbocycles. The molecule has 14 nitrogen and oxygen atoms in total. The van der Waals surface area contributed by atoms with E-state index in [-0.39, 0.29) is 50.9 Å². The van der Waals surface area contributed by atoms with Gasteiger partial charge in [0.05, 0.1) is 36.8 Å². The van der Waals surface area contributed by atoms with Gasteiger partial charge in [-0.15, -0.1) is 11.3 Å². The van der Waals surface area contributed by atoms with Gasteiger partial charge in [0.2, 0.25) is 0 Å². The van der Waals surface area contributed by atoms with Gasteiger partial charge in [-0.3, -0.25) is 14.4 Å². The van der Waals surface area contributed by atoms with Crippen LogP contribution in [0.5, 0.6) is 0 Å². The van der Waals surface area contributed by atoms with Gasteiger partial charge in [-0.05, 0) is 30.9 Å². The topological polar surface area (TPSA) is 199 Å². The van der Waals surface area contributed by atoms with Crippen molar-refractivity contribution in [2.75, 3.05) is 33.0 Å². The van der Waals surface area contributed by atoms with Gasteiger partial charge in [-0.25, -0.2) is 19.6 Å². The number of aliphatic imine (C=N–C) groups is 1. The van der Waals surface area contributed by atoms with Crippen LogP contribution < -0.4 is 15.2 Å². The number of hydrogen-bond donors (Lipinski definition) is 4. The molecule has 0 bridgehead atoms. The van der Waals surface area contributed by atoms with Crippen molar-refractivity contribution in [3.8, 4) is 0 Å². The van der Waals surface area contributed by atoms with E-state index >= 15 is 0 Å². The third-order valence-corrected chi connectivity index (χ3v) is 7.84. The highest BCUT2D eigenvalue weighted by Gasteiger charge is 2.27. The van der Waals surface area contributed by atoms with Gasteiger partial charge in [0, 0.05) is 35.4 Å². The molecule has 5 N–H and O–H groups in total. The van der Waals surface area contributed by atoms with Gasteiger partial charge < -0.3 is 20.3 Å². The lowest BCUT2D eigenvalue weighted by atomic mass is 9.90. The number of amidine groups is 1. The highest BCUT2D eigenvalue weighted by molar-refractivity contribution is 7.88. The number of carbonyl (C=O) groups is 3. The summed E-state index contributed by atoms with van der Waals surface area (Å²) in [6.45, 7) is 11.6. The molecule has 0 fully saturated rings. The normalized spacial score (nSPS) is 13.8. The largest absolute Gasteiger partial charge is 0.481 e. The summed E-state index contributed by atoms with van der Waals surface area (Å²) < 4.78 is 39.8. The number of nitrogens with two attached hydrogens (primary N) is 1. The van der Waals surface area contributed by atoms with E-state index in [1.54, 1.807) is 46.8 Å². The second-order valence-electron chi connectivity index (χ2n) is 11.6. The smallest absolute Gasteiger partial charge is 0.421 e. The van der Waals surface area contributed by atoms with Crippen molar-refractivity contribution in [2.45, 2.75) is 67.3 Å². The molecule has 242 valence electrons. The predicted octanol–water partition coefficient (Wildman–Crippen LogP) is 3.32. The molecule has 2 rings (SSSR count). The van der Waals surface area contributed by atoms with E-state index in [2.05, 4.69) is 9.71 Å². The lowest BCUT2D eigenvalue weighted by molar-refractivity contribution is -0.180. The molecular weight excluding hydrogens is 602 g/mol. The zero-order valence-electron chi connectivity index (χ0n) is 25.5. The van der Waals surface area contributed by atoms with Crippen LogP contribution in [0.1, 0.15) is 70.6 Å². The van der Waals surface area contributed by atoms with Gasteiger partial charge in [0.25, 0.3) is 5.91 Å². The summed E-state index contributed by atoms with van der Waals surface area (Å²) in [5, 5.41) is 10.3. The Balaban J connectivity index is 1.94. The Morgan fingerprint density at radius 3 is 2.44 bits per heavy atom. The molecule has 1 aliphatic heterocycles. The number of nitrogens with one attached hydrogen (secondary N) is 2. The van der Waals surface area contributed by atoms with E-state index in [9.17, 15) is 22.8 Å². The lowest BCUT2D eigenvalue weighted by Crippen LogP contribution is -2.41. The Bertz CT molecular complexity index is 1310. The highest BCUT2D eigenvalue weighted by atomic mass is 32.2. The van der Waals surface area contributed by atoms with Crippen molar-refractivity contribution >= 4 is 57.1 Å². The van der Waals surface area contributed by atoms with E-state index in [1.807, 2.05) is 11.6 Å². The molecule has 2 amide bonds. The molecule has 0 aliphatic carbocycles. The Kier molecular flexibility index (Phi) is 13.1. The fraction of sp³-hybridized carbons (Fsp3) is 0.630. The summed E-state index contributed by atoms with van der Waals surface area (Å²) in [5.41, 5.74) is 5.72. The van der Waals surface area contributed by atoms with Crippen molar-refractivity contribution in [3.63, 3.8) is 0 Å². The van der Waals surface area contributed by atoms with Crippen molar-refractivity contribution in [2.24, 2.45) is 21.6 Å². The molecule has 0 spiro atoms. The van der Waals surface area contributed by atoms with Crippen LogP contribution in [0.4, 0.5) is 10.5 Å². The van der Waals surface area contributed by atoms with Crippen molar-refractivity contribution < 1.29 is 42.2 Å².